The molecule has 5 heteroatoms. The van der Waals surface area contributed by atoms with Crippen LogP contribution in [0.1, 0.15) is 290 Å². The second-order valence-electron chi connectivity index (χ2n) is 19.5. The van der Waals surface area contributed by atoms with Crippen LogP contribution in [0.15, 0.2) is 72.9 Å². The van der Waals surface area contributed by atoms with Gasteiger partial charge in [-0.3, -0.25) is 9.59 Å². The molecule has 5 nitrogen and oxygen atoms in total. The minimum Gasteiger partial charge on any atom is -0.462 e. The lowest BCUT2D eigenvalue weighted by Gasteiger charge is -2.18. The SMILES string of the molecule is CC/C=C\C/C=C\C/C=C\CCCCCCCC(=O)OC(COCCCCCCCCC/C=C\C/C=C\C/C=C\CCCCC)COC(=O)CCCCCCCCCCCCCCCCCCC. The minimum atomic E-state index is -0.552. The van der Waals surface area contributed by atoms with Crippen molar-refractivity contribution in [1.82, 2.24) is 0 Å². The monoisotopic (exact) mass is 949 g/mol. The van der Waals surface area contributed by atoms with Gasteiger partial charge >= 0.3 is 11.9 Å². The van der Waals surface area contributed by atoms with Crippen LogP contribution in [0.4, 0.5) is 0 Å². The van der Waals surface area contributed by atoms with Crippen molar-refractivity contribution in [2.24, 2.45) is 0 Å². The Labute approximate surface area is 423 Å². The Morgan fingerprint density at radius 3 is 1.09 bits per heavy atom. The number of esters is 2. The molecule has 0 aliphatic rings. The van der Waals surface area contributed by atoms with Crippen LogP contribution in [-0.2, 0) is 23.8 Å². The van der Waals surface area contributed by atoms with E-state index in [4.69, 9.17) is 14.2 Å². The van der Waals surface area contributed by atoms with Gasteiger partial charge < -0.3 is 14.2 Å². The fraction of sp³-hybridized carbons (Fsp3) is 0.778. The van der Waals surface area contributed by atoms with E-state index in [2.05, 4.69) is 93.7 Å². The van der Waals surface area contributed by atoms with E-state index in [-0.39, 0.29) is 25.2 Å². The van der Waals surface area contributed by atoms with Crippen molar-refractivity contribution in [2.45, 2.75) is 297 Å². The normalized spacial score (nSPS) is 12.7. The van der Waals surface area contributed by atoms with E-state index >= 15 is 0 Å². The second kappa shape index (κ2) is 58.7. The molecule has 0 saturated carbocycles. The average molecular weight is 950 g/mol. The maximum Gasteiger partial charge on any atom is 0.306 e. The molecular weight excluding hydrogens is 837 g/mol. The van der Waals surface area contributed by atoms with Crippen LogP contribution in [0, 0.1) is 0 Å². The predicted molar refractivity (Wildman–Crippen MR) is 297 cm³/mol. The van der Waals surface area contributed by atoms with E-state index in [9.17, 15) is 9.59 Å². The number of unbranched alkanes of at least 4 members (excludes halogenated alkanes) is 31. The van der Waals surface area contributed by atoms with Crippen LogP contribution >= 0.6 is 0 Å². The van der Waals surface area contributed by atoms with E-state index in [1.165, 1.54) is 173 Å². The molecule has 0 aromatic heterocycles. The lowest BCUT2D eigenvalue weighted by molar-refractivity contribution is -0.163. The smallest absolute Gasteiger partial charge is 0.306 e. The van der Waals surface area contributed by atoms with Crippen molar-refractivity contribution in [2.75, 3.05) is 19.8 Å². The Balaban J connectivity index is 4.29. The minimum absolute atomic E-state index is 0.0749. The fourth-order valence-corrected chi connectivity index (χ4v) is 8.36. The van der Waals surface area contributed by atoms with Crippen LogP contribution in [0.2, 0.25) is 0 Å². The van der Waals surface area contributed by atoms with E-state index in [0.29, 0.717) is 19.4 Å². The molecule has 0 bridgehead atoms. The highest BCUT2D eigenvalue weighted by molar-refractivity contribution is 5.70. The molecule has 394 valence electrons. The number of ether oxygens (including phenoxy) is 3. The summed E-state index contributed by atoms with van der Waals surface area (Å²) in [6.45, 7) is 7.69. The van der Waals surface area contributed by atoms with Gasteiger partial charge in [0.1, 0.15) is 6.61 Å². The topological polar surface area (TPSA) is 61.8 Å². The van der Waals surface area contributed by atoms with Gasteiger partial charge in [0, 0.05) is 19.4 Å². The number of hydrogen-bond acceptors (Lipinski definition) is 5. The standard InChI is InChI=1S/C63H112O5/c1-4-7-10-13-16-19-22-25-28-30-31-32-34-37-40-43-46-49-52-55-58-66-59-61(68-63(65)57-54-51-48-45-42-39-35-27-24-21-18-15-12-9-6-3)60-67-62(64)56-53-50-47-44-41-38-36-33-29-26-23-20-17-14-11-8-5-2/h9,12,16,18-19,21,25,27-28,31-32,35,61H,4-8,10-11,13-15,17,20,22-24,26,29-30,33-34,36-60H2,1-3H3/b12-9-,19-16-,21-18-,28-25-,32-31-,35-27-. The van der Waals surface area contributed by atoms with Crippen molar-refractivity contribution < 1.29 is 23.8 Å². The third-order valence-electron chi connectivity index (χ3n) is 12.7. The quantitative estimate of drug-likeness (QED) is 0.0345. The average Bonchev–Trinajstić information content (AvgIpc) is 3.34. The largest absolute Gasteiger partial charge is 0.462 e. The Hall–Kier alpha value is -2.66. The summed E-state index contributed by atoms with van der Waals surface area (Å²) in [7, 11) is 0. The Kier molecular flexibility index (Phi) is 56.4. The van der Waals surface area contributed by atoms with Crippen molar-refractivity contribution in [1.29, 1.82) is 0 Å². The van der Waals surface area contributed by atoms with Crippen molar-refractivity contribution >= 4 is 11.9 Å². The summed E-state index contributed by atoms with van der Waals surface area (Å²) in [5.41, 5.74) is 0. The molecule has 0 spiro atoms. The molecular formula is C63H112O5. The van der Waals surface area contributed by atoms with Gasteiger partial charge in [-0.15, -0.1) is 0 Å². The molecule has 68 heavy (non-hydrogen) atoms. The van der Waals surface area contributed by atoms with Gasteiger partial charge in [-0.1, -0.05) is 261 Å². The molecule has 0 amide bonds. The molecule has 0 heterocycles. The summed E-state index contributed by atoms with van der Waals surface area (Å²) >= 11 is 0. The molecule has 0 aliphatic carbocycles. The molecule has 0 fully saturated rings. The highest BCUT2D eigenvalue weighted by atomic mass is 16.6. The summed E-state index contributed by atoms with van der Waals surface area (Å²) in [5, 5.41) is 0. The summed E-state index contributed by atoms with van der Waals surface area (Å²) < 4.78 is 17.5. The second-order valence-corrected chi connectivity index (χ2v) is 19.5. The number of carbonyl (C=O) groups excluding carboxylic acids is 2. The highest BCUT2D eigenvalue weighted by Crippen LogP contribution is 2.16. The van der Waals surface area contributed by atoms with Gasteiger partial charge in [0.15, 0.2) is 6.10 Å². The van der Waals surface area contributed by atoms with Gasteiger partial charge in [-0.2, -0.15) is 0 Å². The zero-order chi connectivity index (χ0) is 49.2. The molecule has 0 N–H and O–H groups in total. The third-order valence-corrected chi connectivity index (χ3v) is 12.7. The first-order valence-corrected chi connectivity index (χ1v) is 29.5. The molecule has 0 saturated heterocycles. The lowest BCUT2D eigenvalue weighted by atomic mass is 10.0. The first-order valence-electron chi connectivity index (χ1n) is 29.5. The highest BCUT2D eigenvalue weighted by Gasteiger charge is 2.17. The summed E-state index contributed by atoms with van der Waals surface area (Å²) in [6.07, 6.45) is 76.4. The molecule has 0 aromatic rings. The van der Waals surface area contributed by atoms with Gasteiger partial charge in [0.2, 0.25) is 0 Å². The van der Waals surface area contributed by atoms with E-state index in [1.54, 1.807) is 0 Å². The number of allylic oxidation sites excluding steroid dienone is 12. The number of carbonyl (C=O) groups is 2. The number of rotatable bonds is 54. The Morgan fingerprint density at radius 2 is 0.662 bits per heavy atom. The number of hydrogen-bond donors (Lipinski definition) is 0. The summed E-state index contributed by atoms with van der Waals surface area (Å²) in [5.74, 6) is -0.411. The molecule has 0 radical (unpaired) electrons. The van der Waals surface area contributed by atoms with Crippen molar-refractivity contribution in [3.63, 3.8) is 0 Å². The van der Waals surface area contributed by atoms with Crippen molar-refractivity contribution in [3.8, 4) is 0 Å². The maximum absolute atomic E-state index is 12.9. The predicted octanol–water partition coefficient (Wildman–Crippen LogP) is 20.2. The maximum atomic E-state index is 12.9. The van der Waals surface area contributed by atoms with Gasteiger partial charge in [-0.05, 0) is 89.9 Å². The summed E-state index contributed by atoms with van der Waals surface area (Å²) in [4.78, 5) is 25.5. The van der Waals surface area contributed by atoms with Crippen molar-refractivity contribution in [3.05, 3.63) is 72.9 Å². The molecule has 1 atom stereocenters. The zero-order valence-corrected chi connectivity index (χ0v) is 45.4. The lowest BCUT2D eigenvalue weighted by Crippen LogP contribution is -2.30. The van der Waals surface area contributed by atoms with Gasteiger partial charge in [-0.25, -0.2) is 0 Å². The Morgan fingerprint density at radius 1 is 0.338 bits per heavy atom. The van der Waals surface area contributed by atoms with Crippen LogP contribution < -0.4 is 0 Å². The molecule has 0 aromatic carbocycles. The molecule has 0 aliphatic heterocycles. The molecule has 1 unspecified atom stereocenters. The first-order chi connectivity index (χ1) is 33.6. The zero-order valence-electron chi connectivity index (χ0n) is 45.4. The van der Waals surface area contributed by atoms with E-state index < -0.39 is 6.10 Å². The van der Waals surface area contributed by atoms with Gasteiger partial charge in [0.25, 0.3) is 0 Å². The van der Waals surface area contributed by atoms with Crippen LogP contribution in [0.3, 0.4) is 0 Å². The summed E-state index contributed by atoms with van der Waals surface area (Å²) in [6, 6.07) is 0. The van der Waals surface area contributed by atoms with Crippen LogP contribution in [0.5, 0.6) is 0 Å². The van der Waals surface area contributed by atoms with Crippen LogP contribution in [-0.4, -0.2) is 37.9 Å². The van der Waals surface area contributed by atoms with E-state index in [0.717, 1.165) is 83.5 Å². The third kappa shape index (κ3) is 55.9. The molecule has 0 rings (SSSR count). The first kappa shape index (κ1) is 65.3. The van der Waals surface area contributed by atoms with Gasteiger partial charge in [0.05, 0.1) is 6.61 Å². The fourth-order valence-electron chi connectivity index (χ4n) is 8.36. The Bertz CT molecular complexity index is 1210. The van der Waals surface area contributed by atoms with E-state index in [1.807, 2.05) is 0 Å². The van der Waals surface area contributed by atoms with Crippen LogP contribution in [0.25, 0.3) is 0 Å².